The molecule has 1 aromatic carbocycles. The van der Waals surface area contributed by atoms with Gasteiger partial charge in [0.05, 0.1) is 0 Å². The van der Waals surface area contributed by atoms with E-state index in [1.165, 1.54) is 28.8 Å². The molecule has 0 fully saturated rings. The van der Waals surface area contributed by atoms with Gasteiger partial charge in [-0.3, -0.25) is 0 Å². The minimum absolute atomic E-state index is 0.565. The van der Waals surface area contributed by atoms with Gasteiger partial charge in [0.2, 0.25) is 0 Å². The summed E-state index contributed by atoms with van der Waals surface area (Å²) in [6.07, 6.45) is 2.45. The summed E-state index contributed by atoms with van der Waals surface area (Å²) in [5, 5.41) is 5.73. The second-order valence-electron chi connectivity index (χ2n) is 4.50. The molecule has 0 spiro atoms. The van der Waals surface area contributed by atoms with Crippen LogP contribution in [-0.4, -0.2) is 6.54 Å². The average Bonchev–Trinajstić information content (AvgIpc) is 2.98. The van der Waals surface area contributed by atoms with Crippen LogP contribution in [0.4, 0.5) is 0 Å². The molecule has 17 heavy (non-hydrogen) atoms. The Hall–Kier alpha value is -1.12. The molecule has 2 heteroatoms. The molecule has 3 rings (SSSR count). The van der Waals surface area contributed by atoms with Gasteiger partial charge >= 0.3 is 0 Å². The molecule has 1 aromatic heterocycles. The second-order valence-corrected chi connectivity index (χ2v) is 5.45. The quantitative estimate of drug-likeness (QED) is 0.858. The number of benzene rings is 1. The van der Waals surface area contributed by atoms with E-state index in [4.69, 9.17) is 0 Å². The van der Waals surface area contributed by atoms with Crippen LogP contribution in [0.3, 0.4) is 0 Å². The molecule has 88 valence electrons. The molecule has 2 aromatic rings. The van der Waals surface area contributed by atoms with E-state index in [-0.39, 0.29) is 0 Å². The van der Waals surface area contributed by atoms with Crippen LogP contribution in [0.5, 0.6) is 0 Å². The van der Waals surface area contributed by atoms with Crippen molar-refractivity contribution in [3.05, 3.63) is 46.8 Å². The SMILES string of the molecule is CCNC1CCc2c(-c3cccs3)cccc21. The molecule has 1 N–H and O–H groups in total. The lowest BCUT2D eigenvalue weighted by Gasteiger charge is -2.13. The summed E-state index contributed by atoms with van der Waals surface area (Å²) in [4.78, 5) is 1.40. The molecule has 0 saturated carbocycles. The number of hydrogen-bond acceptors (Lipinski definition) is 2. The molecular weight excluding hydrogens is 226 g/mol. The van der Waals surface area contributed by atoms with Gasteiger partial charge in [-0.15, -0.1) is 11.3 Å². The van der Waals surface area contributed by atoms with E-state index in [0.717, 1.165) is 6.54 Å². The van der Waals surface area contributed by atoms with Crippen molar-refractivity contribution in [2.45, 2.75) is 25.8 Å². The van der Waals surface area contributed by atoms with Crippen LogP contribution in [0.25, 0.3) is 10.4 Å². The highest BCUT2D eigenvalue weighted by Crippen LogP contribution is 2.38. The maximum absolute atomic E-state index is 3.58. The summed E-state index contributed by atoms with van der Waals surface area (Å²) in [7, 11) is 0. The maximum atomic E-state index is 3.58. The minimum atomic E-state index is 0.565. The fourth-order valence-electron chi connectivity index (χ4n) is 2.78. The Balaban J connectivity index is 2.04. The van der Waals surface area contributed by atoms with E-state index in [0.29, 0.717) is 6.04 Å². The zero-order valence-electron chi connectivity index (χ0n) is 10.1. The summed E-state index contributed by atoms with van der Waals surface area (Å²) >= 11 is 1.84. The third-order valence-electron chi connectivity index (χ3n) is 3.51. The maximum Gasteiger partial charge on any atom is 0.0345 e. The van der Waals surface area contributed by atoms with Gasteiger partial charge in [-0.2, -0.15) is 0 Å². The van der Waals surface area contributed by atoms with Gasteiger partial charge in [0.15, 0.2) is 0 Å². The Morgan fingerprint density at radius 3 is 3.00 bits per heavy atom. The van der Waals surface area contributed by atoms with Crippen molar-refractivity contribution in [3.63, 3.8) is 0 Å². The van der Waals surface area contributed by atoms with Crippen molar-refractivity contribution in [3.8, 4) is 10.4 Å². The van der Waals surface area contributed by atoms with Crippen LogP contribution in [-0.2, 0) is 6.42 Å². The zero-order valence-corrected chi connectivity index (χ0v) is 10.9. The Morgan fingerprint density at radius 2 is 2.24 bits per heavy atom. The predicted molar refractivity (Wildman–Crippen MR) is 74.5 cm³/mol. The molecule has 1 aliphatic carbocycles. The van der Waals surface area contributed by atoms with E-state index >= 15 is 0 Å². The molecule has 1 atom stereocenters. The summed E-state index contributed by atoms with van der Waals surface area (Å²) < 4.78 is 0. The van der Waals surface area contributed by atoms with Crippen LogP contribution in [0.1, 0.15) is 30.5 Å². The van der Waals surface area contributed by atoms with Crippen LogP contribution in [0, 0.1) is 0 Å². The molecule has 0 amide bonds. The van der Waals surface area contributed by atoms with Gasteiger partial charge in [-0.05, 0) is 47.5 Å². The van der Waals surface area contributed by atoms with Crippen molar-refractivity contribution >= 4 is 11.3 Å². The van der Waals surface area contributed by atoms with Crippen LogP contribution >= 0.6 is 11.3 Å². The van der Waals surface area contributed by atoms with Gasteiger partial charge < -0.3 is 5.32 Å². The van der Waals surface area contributed by atoms with E-state index in [1.54, 1.807) is 5.56 Å². The highest BCUT2D eigenvalue weighted by atomic mass is 32.1. The normalized spacial score (nSPS) is 18.3. The third kappa shape index (κ3) is 1.92. The van der Waals surface area contributed by atoms with Crippen LogP contribution in [0.2, 0.25) is 0 Å². The average molecular weight is 243 g/mol. The summed E-state index contributed by atoms with van der Waals surface area (Å²) in [6, 6.07) is 11.7. The lowest BCUT2D eigenvalue weighted by Crippen LogP contribution is -2.18. The predicted octanol–water partition coefficient (Wildman–Crippen LogP) is 4.01. The topological polar surface area (TPSA) is 12.0 Å². The largest absolute Gasteiger partial charge is 0.310 e. The highest BCUT2D eigenvalue weighted by Gasteiger charge is 2.24. The smallest absolute Gasteiger partial charge is 0.0345 e. The molecule has 1 aliphatic rings. The lowest BCUT2D eigenvalue weighted by molar-refractivity contribution is 0.549. The summed E-state index contributed by atoms with van der Waals surface area (Å²) in [5.41, 5.74) is 4.51. The molecule has 0 saturated heterocycles. The van der Waals surface area contributed by atoms with Crippen molar-refractivity contribution in [2.24, 2.45) is 0 Å². The van der Waals surface area contributed by atoms with E-state index < -0.39 is 0 Å². The number of thiophene rings is 1. The Bertz CT molecular complexity index is 502. The molecule has 1 heterocycles. The van der Waals surface area contributed by atoms with E-state index in [1.807, 2.05) is 11.3 Å². The van der Waals surface area contributed by atoms with Gasteiger partial charge in [0.1, 0.15) is 0 Å². The number of fused-ring (bicyclic) bond motifs is 1. The van der Waals surface area contributed by atoms with E-state index in [2.05, 4.69) is 48.0 Å². The van der Waals surface area contributed by atoms with Crippen molar-refractivity contribution < 1.29 is 0 Å². The Labute approximate surface area is 106 Å². The Morgan fingerprint density at radius 1 is 1.29 bits per heavy atom. The van der Waals surface area contributed by atoms with Crippen molar-refractivity contribution in [2.75, 3.05) is 6.54 Å². The van der Waals surface area contributed by atoms with Crippen molar-refractivity contribution in [1.29, 1.82) is 0 Å². The monoisotopic (exact) mass is 243 g/mol. The summed E-state index contributed by atoms with van der Waals surface area (Å²) in [5.74, 6) is 0. The van der Waals surface area contributed by atoms with E-state index in [9.17, 15) is 0 Å². The molecule has 1 unspecified atom stereocenters. The van der Waals surface area contributed by atoms with Crippen LogP contribution in [0.15, 0.2) is 35.7 Å². The zero-order chi connectivity index (χ0) is 11.7. The summed E-state index contributed by atoms with van der Waals surface area (Å²) in [6.45, 7) is 3.23. The first-order valence-electron chi connectivity index (χ1n) is 6.29. The molecule has 0 aliphatic heterocycles. The number of hydrogen-bond donors (Lipinski definition) is 1. The Kier molecular flexibility index (Phi) is 3.00. The van der Waals surface area contributed by atoms with Crippen molar-refractivity contribution in [1.82, 2.24) is 5.32 Å². The second kappa shape index (κ2) is 4.63. The molecular formula is C15H17NS. The highest BCUT2D eigenvalue weighted by molar-refractivity contribution is 7.13. The fraction of sp³-hybridized carbons (Fsp3) is 0.333. The third-order valence-corrected chi connectivity index (χ3v) is 4.41. The first-order valence-corrected chi connectivity index (χ1v) is 7.17. The fourth-order valence-corrected chi connectivity index (χ4v) is 3.55. The molecule has 1 nitrogen and oxygen atoms in total. The van der Waals surface area contributed by atoms with Gasteiger partial charge in [0.25, 0.3) is 0 Å². The first-order chi connectivity index (χ1) is 8.40. The molecule has 0 radical (unpaired) electrons. The number of rotatable bonds is 3. The van der Waals surface area contributed by atoms with Gasteiger partial charge in [-0.1, -0.05) is 31.2 Å². The lowest BCUT2D eigenvalue weighted by atomic mass is 10.0. The van der Waals surface area contributed by atoms with Gasteiger partial charge in [0, 0.05) is 10.9 Å². The standard InChI is InChI=1S/C15H17NS/c1-2-16-14-9-8-11-12(14)5-3-6-13(11)15-7-4-10-17-15/h3-7,10,14,16H,2,8-9H2,1H3. The number of nitrogens with one attached hydrogen (secondary N) is 1. The first kappa shape index (κ1) is 11.0. The van der Waals surface area contributed by atoms with Crippen LogP contribution < -0.4 is 5.32 Å². The minimum Gasteiger partial charge on any atom is -0.310 e. The molecule has 0 bridgehead atoms. The van der Waals surface area contributed by atoms with Gasteiger partial charge in [-0.25, -0.2) is 0 Å².